The third-order valence-corrected chi connectivity index (χ3v) is 5.89. The van der Waals surface area contributed by atoms with Crippen LogP contribution in [0.3, 0.4) is 0 Å². The van der Waals surface area contributed by atoms with E-state index in [9.17, 15) is 0 Å². The van der Waals surface area contributed by atoms with Gasteiger partial charge in [0.05, 0.1) is 0 Å². The lowest BCUT2D eigenvalue weighted by Crippen LogP contribution is -2.43. The lowest BCUT2D eigenvalue weighted by Gasteiger charge is -2.39. The average molecular weight is 383 g/mol. The first-order chi connectivity index (χ1) is 13.0. The number of likely N-dealkylation sites (tertiary alicyclic amines) is 1. The number of fused-ring (bicyclic) bond motifs is 2. The number of rotatable bonds is 1. The summed E-state index contributed by atoms with van der Waals surface area (Å²) in [5.74, 6) is 0. The van der Waals surface area contributed by atoms with Crippen molar-refractivity contribution in [1.82, 2.24) is 4.90 Å². The topological polar surface area (TPSA) is 15.3 Å². The molecule has 2 aliphatic heterocycles. The molecule has 0 amide bonds. The Labute approximate surface area is 169 Å². The molecule has 4 rings (SSSR count). The van der Waals surface area contributed by atoms with Crippen molar-refractivity contribution in [2.24, 2.45) is 0 Å². The molecular weight excluding hydrogens is 352 g/mol. The van der Waals surface area contributed by atoms with Crippen molar-refractivity contribution >= 4 is 17.3 Å². The standard InChI is InChI=1S/C15H22N2.C7H7Cl.C2H2/c1-3-17-8-6-15(7-9-17)11-16-14-5-4-12(2)10-13(14)15;1-6-2-4-7(8)5-3-6;1-2/h4-5,10,16H,3,6-9,11H2,1-2H3;2-5H,1H3;1-2H. The zero-order chi connectivity index (χ0) is 19.9. The van der Waals surface area contributed by atoms with Gasteiger partial charge in [-0.1, -0.05) is 53.9 Å². The summed E-state index contributed by atoms with van der Waals surface area (Å²) < 4.78 is 0. The molecule has 0 atom stereocenters. The van der Waals surface area contributed by atoms with Crippen LogP contribution in [0.15, 0.2) is 42.5 Å². The van der Waals surface area contributed by atoms with E-state index in [-0.39, 0.29) is 0 Å². The van der Waals surface area contributed by atoms with Gasteiger partial charge in [0.25, 0.3) is 0 Å². The fraction of sp³-hybridized carbons (Fsp3) is 0.417. The third-order valence-electron chi connectivity index (χ3n) is 5.63. The van der Waals surface area contributed by atoms with E-state index in [0.29, 0.717) is 5.41 Å². The van der Waals surface area contributed by atoms with Crippen LogP contribution in [-0.4, -0.2) is 31.1 Å². The molecule has 2 heterocycles. The van der Waals surface area contributed by atoms with Crippen LogP contribution in [0.2, 0.25) is 5.02 Å². The Morgan fingerprint density at radius 1 is 1.00 bits per heavy atom. The van der Waals surface area contributed by atoms with Gasteiger partial charge in [0, 0.05) is 22.7 Å². The molecule has 2 aromatic carbocycles. The van der Waals surface area contributed by atoms with Gasteiger partial charge in [-0.05, 0) is 70.1 Å². The van der Waals surface area contributed by atoms with E-state index in [1.54, 1.807) is 5.56 Å². The van der Waals surface area contributed by atoms with Crippen LogP contribution in [0.4, 0.5) is 5.69 Å². The van der Waals surface area contributed by atoms with Crippen molar-refractivity contribution in [2.45, 2.75) is 39.0 Å². The average Bonchev–Trinajstić information content (AvgIpc) is 3.04. The maximum Gasteiger partial charge on any atom is 0.0406 e. The largest absolute Gasteiger partial charge is 0.384 e. The fourth-order valence-corrected chi connectivity index (χ4v) is 4.01. The molecule has 2 nitrogen and oxygen atoms in total. The number of anilines is 1. The summed E-state index contributed by atoms with van der Waals surface area (Å²) in [6.45, 7) is 11.4. The number of benzene rings is 2. The summed E-state index contributed by atoms with van der Waals surface area (Å²) in [6, 6.07) is 14.6. The van der Waals surface area contributed by atoms with Crippen molar-refractivity contribution in [3.05, 3.63) is 64.2 Å². The summed E-state index contributed by atoms with van der Waals surface area (Å²) in [6.07, 6.45) is 10.6. The maximum absolute atomic E-state index is 5.61. The van der Waals surface area contributed by atoms with Gasteiger partial charge in [-0.25, -0.2) is 0 Å². The molecule has 1 fully saturated rings. The first-order valence-electron chi connectivity index (χ1n) is 9.65. The number of aryl methyl sites for hydroxylation is 2. The third kappa shape index (κ3) is 5.28. The van der Waals surface area contributed by atoms with Crippen molar-refractivity contribution in [2.75, 3.05) is 31.5 Å². The van der Waals surface area contributed by atoms with E-state index in [1.165, 1.54) is 49.3 Å². The minimum atomic E-state index is 0.424. The van der Waals surface area contributed by atoms with Crippen LogP contribution in [0.5, 0.6) is 0 Å². The molecule has 2 aromatic rings. The summed E-state index contributed by atoms with van der Waals surface area (Å²) in [7, 11) is 0. The molecule has 27 heavy (non-hydrogen) atoms. The second-order valence-corrected chi connectivity index (χ2v) is 7.85. The molecule has 2 aliphatic rings. The van der Waals surface area contributed by atoms with Gasteiger partial charge in [-0.3, -0.25) is 0 Å². The number of nitrogens with one attached hydrogen (secondary N) is 1. The minimum Gasteiger partial charge on any atom is -0.384 e. The number of hydrogen-bond donors (Lipinski definition) is 1. The van der Waals surface area contributed by atoms with Crippen LogP contribution in [-0.2, 0) is 5.41 Å². The minimum absolute atomic E-state index is 0.424. The molecule has 1 saturated heterocycles. The predicted molar refractivity (Wildman–Crippen MR) is 119 cm³/mol. The quantitative estimate of drug-likeness (QED) is 0.639. The van der Waals surface area contributed by atoms with Gasteiger partial charge in [-0.2, -0.15) is 0 Å². The van der Waals surface area contributed by atoms with Gasteiger partial charge in [0.15, 0.2) is 0 Å². The van der Waals surface area contributed by atoms with Crippen LogP contribution < -0.4 is 5.32 Å². The molecule has 0 bridgehead atoms. The number of nitrogens with zero attached hydrogens (tertiary/aromatic N) is 1. The molecule has 0 unspecified atom stereocenters. The SMILES string of the molecule is C#C.CCN1CCC2(CC1)CNc1ccc(C)cc12.Cc1ccc(Cl)cc1. The molecule has 0 aromatic heterocycles. The summed E-state index contributed by atoms with van der Waals surface area (Å²) in [4.78, 5) is 2.57. The summed E-state index contributed by atoms with van der Waals surface area (Å²) in [5.41, 5.74) is 6.01. The van der Waals surface area contributed by atoms with E-state index in [1.807, 2.05) is 31.2 Å². The molecule has 0 saturated carbocycles. The Balaban J connectivity index is 0.000000220. The number of piperidine rings is 1. The van der Waals surface area contributed by atoms with Crippen molar-refractivity contribution in [1.29, 1.82) is 0 Å². The zero-order valence-corrected chi connectivity index (χ0v) is 17.5. The van der Waals surface area contributed by atoms with Crippen LogP contribution in [0, 0.1) is 26.7 Å². The normalized spacial score (nSPS) is 17.0. The van der Waals surface area contributed by atoms with Crippen LogP contribution >= 0.6 is 11.6 Å². The van der Waals surface area contributed by atoms with Crippen molar-refractivity contribution in [3.8, 4) is 12.8 Å². The molecule has 1 spiro atoms. The highest BCUT2D eigenvalue weighted by Crippen LogP contribution is 2.44. The van der Waals surface area contributed by atoms with E-state index in [4.69, 9.17) is 11.6 Å². The smallest absolute Gasteiger partial charge is 0.0406 e. The highest BCUT2D eigenvalue weighted by atomic mass is 35.5. The monoisotopic (exact) mass is 382 g/mol. The molecule has 0 radical (unpaired) electrons. The fourth-order valence-electron chi connectivity index (χ4n) is 3.89. The summed E-state index contributed by atoms with van der Waals surface area (Å²) in [5, 5.41) is 4.40. The van der Waals surface area contributed by atoms with E-state index < -0.39 is 0 Å². The maximum atomic E-state index is 5.61. The van der Waals surface area contributed by atoms with E-state index >= 15 is 0 Å². The van der Waals surface area contributed by atoms with Gasteiger partial charge in [-0.15, -0.1) is 12.8 Å². The predicted octanol–water partition coefficient (Wildman–Crippen LogP) is 5.67. The van der Waals surface area contributed by atoms with Crippen molar-refractivity contribution in [3.63, 3.8) is 0 Å². The first kappa shape index (κ1) is 21.4. The molecule has 3 heteroatoms. The van der Waals surface area contributed by atoms with Gasteiger partial charge >= 0.3 is 0 Å². The van der Waals surface area contributed by atoms with E-state index in [0.717, 1.165) is 11.6 Å². The zero-order valence-electron chi connectivity index (χ0n) is 16.8. The van der Waals surface area contributed by atoms with Crippen molar-refractivity contribution < 1.29 is 0 Å². The van der Waals surface area contributed by atoms with E-state index in [2.05, 4.69) is 55.1 Å². The molecule has 0 aliphatic carbocycles. The number of hydrogen-bond acceptors (Lipinski definition) is 2. The Morgan fingerprint density at radius 2 is 1.59 bits per heavy atom. The van der Waals surface area contributed by atoms with Crippen LogP contribution in [0.1, 0.15) is 36.5 Å². The lowest BCUT2D eigenvalue weighted by molar-refractivity contribution is 0.176. The number of halogens is 1. The molecule has 144 valence electrons. The molecule has 1 N–H and O–H groups in total. The van der Waals surface area contributed by atoms with Crippen LogP contribution in [0.25, 0.3) is 0 Å². The second-order valence-electron chi connectivity index (χ2n) is 7.41. The van der Waals surface area contributed by atoms with Gasteiger partial charge in [0.1, 0.15) is 0 Å². The highest BCUT2D eigenvalue weighted by Gasteiger charge is 2.40. The Morgan fingerprint density at radius 3 is 2.15 bits per heavy atom. The number of terminal acetylenes is 1. The lowest BCUT2D eigenvalue weighted by atomic mass is 9.74. The Hall–Kier alpha value is -1.95. The Bertz CT molecular complexity index is 720. The highest BCUT2D eigenvalue weighted by molar-refractivity contribution is 6.30. The summed E-state index contributed by atoms with van der Waals surface area (Å²) >= 11 is 5.61. The van der Waals surface area contributed by atoms with Gasteiger partial charge < -0.3 is 10.2 Å². The van der Waals surface area contributed by atoms with Gasteiger partial charge in [0.2, 0.25) is 0 Å². The first-order valence-corrected chi connectivity index (χ1v) is 10.0. The second kappa shape index (κ2) is 9.83. The molecular formula is C24H31ClN2. The Kier molecular flexibility index (Phi) is 7.78.